The van der Waals surface area contributed by atoms with E-state index in [1.165, 1.54) is 11.1 Å². The summed E-state index contributed by atoms with van der Waals surface area (Å²) in [5.74, 6) is 0.689. The van der Waals surface area contributed by atoms with Gasteiger partial charge in [-0.05, 0) is 25.0 Å². The van der Waals surface area contributed by atoms with E-state index in [0.717, 1.165) is 13.0 Å². The number of methoxy groups -OCH3 is 1. The molecule has 23 heavy (non-hydrogen) atoms. The van der Waals surface area contributed by atoms with Crippen LogP contribution in [-0.4, -0.2) is 69.1 Å². The lowest BCUT2D eigenvalue weighted by molar-refractivity contribution is 0.0747. The standard InChI is InChI=1S/C15H23N3O4S/c1-18(13-6-9-23(20,21)11-13)15(19)12-4-5-14(17-10-12)16-7-3-8-22-2/h4-5,10,13H,3,6-9,11H2,1-2H3,(H,16,17). The van der Waals surface area contributed by atoms with Crippen LogP contribution in [0.25, 0.3) is 0 Å². The molecule has 0 aliphatic carbocycles. The molecule has 0 bridgehead atoms. The zero-order chi connectivity index (χ0) is 16.9. The summed E-state index contributed by atoms with van der Waals surface area (Å²) < 4.78 is 28.0. The largest absolute Gasteiger partial charge is 0.385 e. The minimum atomic E-state index is -3.01. The molecular formula is C15H23N3O4S. The average Bonchev–Trinajstić information content (AvgIpc) is 2.91. The van der Waals surface area contributed by atoms with Gasteiger partial charge in [-0.2, -0.15) is 0 Å². The summed E-state index contributed by atoms with van der Waals surface area (Å²) in [5, 5.41) is 3.15. The van der Waals surface area contributed by atoms with Crippen LogP contribution in [0, 0.1) is 0 Å². The van der Waals surface area contributed by atoms with Gasteiger partial charge in [0.1, 0.15) is 5.82 Å². The Kier molecular flexibility index (Phi) is 5.95. The van der Waals surface area contributed by atoms with Crippen LogP contribution in [-0.2, 0) is 14.6 Å². The molecule has 2 heterocycles. The van der Waals surface area contributed by atoms with Crippen molar-refractivity contribution in [2.75, 3.05) is 44.1 Å². The Balaban J connectivity index is 1.92. The van der Waals surface area contributed by atoms with Crippen LogP contribution in [0.1, 0.15) is 23.2 Å². The number of nitrogens with one attached hydrogen (secondary N) is 1. The fraction of sp³-hybridized carbons (Fsp3) is 0.600. The smallest absolute Gasteiger partial charge is 0.255 e. The van der Waals surface area contributed by atoms with E-state index in [1.807, 2.05) is 0 Å². The number of ether oxygens (including phenoxy) is 1. The van der Waals surface area contributed by atoms with E-state index >= 15 is 0 Å². The minimum Gasteiger partial charge on any atom is -0.385 e. The number of hydrogen-bond acceptors (Lipinski definition) is 6. The molecule has 1 saturated heterocycles. The Bertz CT molecular complexity index is 631. The monoisotopic (exact) mass is 341 g/mol. The van der Waals surface area contributed by atoms with E-state index in [0.29, 0.717) is 24.4 Å². The molecule has 0 spiro atoms. The maximum Gasteiger partial charge on any atom is 0.255 e. The van der Waals surface area contributed by atoms with Crippen molar-refractivity contribution in [2.24, 2.45) is 0 Å². The van der Waals surface area contributed by atoms with E-state index in [2.05, 4.69) is 10.3 Å². The maximum absolute atomic E-state index is 12.4. The molecule has 0 radical (unpaired) electrons. The van der Waals surface area contributed by atoms with Crippen molar-refractivity contribution in [3.63, 3.8) is 0 Å². The molecular weight excluding hydrogens is 318 g/mol. The van der Waals surface area contributed by atoms with E-state index in [4.69, 9.17) is 4.74 Å². The highest BCUT2D eigenvalue weighted by atomic mass is 32.2. The second-order valence-corrected chi connectivity index (χ2v) is 7.91. The summed E-state index contributed by atoms with van der Waals surface area (Å²) in [6.45, 7) is 1.42. The summed E-state index contributed by atoms with van der Waals surface area (Å²) in [4.78, 5) is 18.1. The molecule has 1 amide bonds. The molecule has 1 unspecified atom stereocenters. The fourth-order valence-corrected chi connectivity index (χ4v) is 4.28. The first-order valence-electron chi connectivity index (χ1n) is 7.59. The Labute approximate surface area is 137 Å². The fourth-order valence-electron chi connectivity index (χ4n) is 2.51. The molecule has 8 heteroatoms. The Morgan fingerprint density at radius 2 is 2.26 bits per heavy atom. The van der Waals surface area contributed by atoms with Gasteiger partial charge in [-0.15, -0.1) is 0 Å². The van der Waals surface area contributed by atoms with Crippen LogP contribution in [0.4, 0.5) is 5.82 Å². The minimum absolute atomic E-state index is 0.0435. The number of aromatic nitrogens is 1. The first-order valence-corrected chi connectivity index (χ1v) is 9.41. The van der Waals surface area contributed by atoms with Gasteiger partial charge in [0.15, 0.2) is 9.84 Å². The van der Waals surface area contributed by atoms with Gasteiger partial charge in [-0.25, -0.2) is 13.4 Å². The molecule has 1 aliphatic heterocycles. The highest BCUT2D eigenvalue weighted by Crippen LogP contribution is 2.18. The van der Waals surface area contributed by atoms with Crippen molar-refractivity contribution in [3.05, 3.63) is 23.9 Å². The van der Waals surface area contributed by atoms with Crippen LogP contribution in [0.15, 0.2) is 18.3 Å². The van der Waals surface area contributed by atoms with Crippen LogP contribution in [0.5, 0.6) is 0 Å². The Hall–Kier alpha value is -1.67. The summed E-state index contributed by atoms with van der Waals surface area (Å²) in [6, 6.07) is 3.20. The number of sulfone groups is 1. The Morgan fingerprint density at radius 1 is 1.48 bits per heavy atom. The third-order valence-electron chi connectivity index (χ3n) is 3.92. The SMILES string of the molecule is COCCCNc1ccc(C(=O)N(C)C2CCS(=O)(=O)C2)cn1. The van der Waals surface area contributed by atoms with E-state index in [1.54, 1.807) is 26.3 Å². The van der Waals surface area contributed by atoms with Gasteiger partial charge >= 0.3 is 0 Å². The number of nitrogens with zero attached hydrogens (tertiary/aromatic N) is 2. The number of carbonyl (C=O) groups excluding carboxylic acids is 1. The predicted octanol–water partition coefficient (Wildman–Crippen LogP) is 0.789. The molecule has 1 fully saturated rings. The lowest BCUT2D eigenvalue weighted by atomic mass is 10.2. The van der Waals surface area contributed by atoms with Crippen molar-refractivity contribution >= 4 is 21.6 Å². The lowest BCUT2D eigenvalue weighted by Gasteiger charge is -2.23. The molecule has 0 aromatic carbocycles. The van der Waals surface area contributed by atoms with Crippen molar-refractivity contribution in [1.29, 1.82) is 0 Å². The third kappa shape index (κ3) is 4.90. The molecule has 1 aliphatic rings. The molecule has 1 aromatic heterocycles. The number of carbonyl (C=O) groups is 1. The number of anilines is 1. The predicted molar refractivity (Wildman–Crippen MR) is 88.4 cm³/mol. The molecule has 1 aromatic rings. The van der Waals surface area contributed by atoms with Crippen LogP contribution in [0.2, 0.25) is 0 Å². The Morgan fingerprint density at radius 3 is 2.83 bits per heavy atom. The number of hydrogen-bond donors (Lipinski definition) is 1. The van der Waals surface area contributed by atoms with Gasteiger partial charge in [-0.3, -0.25) is 4.79 Å². The summed E-state index contributed by atoms with van der Waals surface area (Å²) in [7, 11) is 0.293. The highest BCUT2D eigenvalue weighted by molar-refractivity contribution is 7.91. The van der Waals surface area contributed by atoms with Crippen molar-refractivity contribution < 1.29 is 17.9 Å². The van der Waals surface area contributed by atoms with Crippen LogP contribution >= 0.6 is 0 Å². The normalized spacial score (nSPS) is 19.5. The molecule has 7 nitrogen and oxygen atoms in total. The lowest BCUT2D eigenvalue weighted by Crippen LogP contribution is -2.37. The summed E-state index contributed by atoms with van der Waals surface area (Å²) >= 11 is 0. The quantitative estimate of drug-likeness (QED) is 0.738. The van der Waals surface area contributed by atoms with Crippen LogP contribution < -0.4 is 5.32 Å². The third-order valence-corrected chi connectivity index (χ3v) is 5.67. The number of pyridine rings is 1. The van der Waals surface area contributed by atoms with Gasteiger partial charge in [0.25, 0.3) is 5.91 Å². The first kappa shape index (κ1) is 17.7. The van der Waals surface area contributed by atoms with Crippen LogP contribution in [0.3, 0.4) is 0 Å². The summed E-state index contributed by atoms with van der Waals surface area (Å²) in [6.07, 6.45) is 2.88. The molecule has 1 N–H and O–H groups in total. The van der Waals surface area contributed by atoms with E-state index in [9.17, 15) is 13.2 Å². The molecule has 1 atom stereocenters. The number of amides is 1. The zero-order valence-electron chi connectivity index (χ0n) is 13.5. The van der Waals surface area contributed by atoms with Crippen molar-refractivity contribution in [3.8, 4) is 0 Å². The molecule has 0 saturated carbocycles. The first-order chi connectivity index (χ1) is 10.9. The topological polar surface area (TPSA) is 88.6 Å². The highest BCUT2D eigenvalue weighted by Gasteiger charge is 2.33. The summed E-state index contributed by atoms with van der Waals surface area (Å²) in [5.41, 5.74) is 0.458. The zero-order valence-corrected chi connectivity index (χ0v) is 14.3. The van der Waals surface area contributed by atoms with Crippen molar-refractivity contribution in [2.45, 2.75) is 18.9 Å². The van der Waals surface area contributed by atoms with Crippen molar-refractivity contribution in [1.82, 2.24) is 9.88 Å². The van der Waals surface area contributed by atoms with Gasteiger partial charge in [0.2, 0.25) is 0 Å². The number of rotatable bonds is 7. The maximum atomic E-state index is 12.4. The van der Waals surface area contributed by atoms with E-state index in [-0.39, 0.29) is 23.5 Å². The van der Waals surface area contributed by atoms with Gasteiger partial charge in [-0.1, -0.05) is 0 Å². The second-order valence-electron chi connectivity index (χ2n) is 5.68. The second kappa shape index (κ2) is 7.74. The van der Waals surface area contributed by atoms with Gasteiger partial charge < -0.3 is 15.0 Å². The van der Waals surface area contributed by atoms with Gasteiger partial charge in [0.05, 0.1) is 17.1 Å². The molecule has 2 rings (SSSR count). The van der Waals surface area contributed by atoms with Gasteiger partial charge in [0, 0.05) is 39.5 Å². The van der Waals surface area contributed by atoms with E-state index < -0.39 is 9.84 Å². The molecule has 128 valence electrons. The average molecular weight is 341 g/mol.